The van der Waals surface area contributed by atoms with Crippen molar-refractivity contribution in [1.82, 2.24) is 13.6 Å². The van der Waals surface area contributed by atoms with E-state index in [0.29, 0.717) is 10.6 Å². The predicted octanol–water partition coefficient (Wildman–Crippen LogP) is 4.45. The number of nitrogens with one attached hydrogen (secondary N) is 1. The Morgan fingerprint density at radius 3 is 2.54 bits per heavy atom. The van der Waals surface area contributed by atoms with Gasteiger partial charge in [0.2, 0.25) is 0 Å². The quantitative estimate of drug-likeness (QED) is 0.687. The number of likely N-dealkylation sites (tertiary alicyclic amines) is 1. The van der Waals surface area contributed by atoms with Gasteiger partial charge in [0.05, 0.1) is 23.5 Å². The third kappa shape index (κ3) is 3.70. The van der Waals surface area contributed by atoms with Gasteiger partial charge < -0.3 is 10.2 Å². The number of piperidine rings is 1. The molecule has 1 saturated heterocycles. The Morgan fingerprint density at radius 1 is 1.11 bits per heavy atom. The highest BCUT2D eigenvalue weighted by Gasteiger charge is 2.28. The van der Waals surface area contributed by atoms with Crippen molar-refractivity contribution < 1.29 is 9.59 Å². The van der Waals surface area contributed by atoms with Gasteiger partial charge in [-0.3, -0.25) is 9.59 Å². The van der Waals surface area contributed by atoms with Crippen LogP contribution in [0.3, 0.4) is 0 Å². The van der Waals surface area contributed by atoms with Crippen molar-refractivity contribution in [2.45, 2.75) is 26.2 Å². The molecule has 0 atom stereocenters. The monoisotopic (exact) mass is 412 g/mol. The average molecular weight is 413 g/mol. The summed E-state index contributed by atoms with van der Waals surface area (Å²) in [7, 11) is 0. The van der Waals surface area contributed by atoms with Crippen molar-refractivity contribution >= 4 is 39.9 Å². The van der Waals surface area contributed by atoms with Gasteiger partial charge in [0.15, 0.2) is 5.69 Å². The van der Waals surface area contributed by atoms with Gasteiger partial charge in [-0.1, -0.05) is 30.3 Å². The van der Waals surface area contributed by atoms with Gasteiger partial charge in [-0.15, -0.1) is 11.3 Å². The summed E-state index contributed by atoms with van der Waals surface area (Å²) in [5, 5.41) is 3.47. The minimum atomic E-state index is -0.345. The fourth-order valence-electron chi connectivity index (χ4n) is 3.41. The number of aromatic nitrogens is 2. The van der Waals surface area contributed by atoms with Crippen LogP contribution in [0.1, 0.15) is 45.7 Å². The Morgan fingerprint density at radius 2 is 1.86 bits per heavy atom. The van der Waals surface area contributed by atoms with E-state index in [2.05, 4.69) is 14.1 Å². The lowest BCUT2D eigenvalue weighted by molar-refractivity contribution is 0.0725. The Kier molecular flexibility index (Phi) is 5.50. The molecular formula is C20H20N4O2S2. The molecule has 0 bridgehead atoms. The van der Waals surface area contributed by atoms with Crippen LogP contribution >= 0.6 is 23.1 Å². The van der Waals surface area contributed by atoms with Crippen LogP contribution in [-0.2, 0) is 0 Å². The van der Waals surface area contributed by atoms with E-state index in [1.165, 1.54) is 17.5 Å². The number of thiophene rings is 1. The SMILES string of the molecule is Cc1c(-c2ccccc2)sc(NC(=O)c2cnsn2)c1C(=O)N1CCCCC1. The van der Waals surface area contributed by atoms with Crippen molar-refractivity contribution in [1.29, 1.82) is 0 Å². The van der Waals surface area contributed by atoms with Gasteiger partial charge in [-0.2, -0.15) is 8.75 Å². The van der Waals surface area contributed by atoms with Gasteiger partial charge in [-0.05, 0) is 37.3 Å². The van der Waals surface area contributed by atoms with Crippen molar-refractivity contribution in [2.75, 3.05) is 18.4 Å². The van der Waals surface area contributed by atoms with E-state index in [1.54, 1.807) is 0 Å². The van der Waals surface area contributed by atoms with Crippen molar-refractivity contribution in [3.63, 3.8) is 0 Å². The number of hydrogen-bond donors (Lipinski definition) is 1. The summed E-state index contributed by atoms with van der Waals surface area (Å²) in [6, 6.07) is 9.94. The zero-order valence-electron chi connectivity index (χ0n) is 15.5. The molecule has 28 heavy (non-hydrogen) atoms. The molecule has 144 valence electrons. The first-order valence-electron chi connectivity index (χ1n) is 9.22. The number of benzene rings is 1. The summed E-state index contributed by atoms with van der Waals surface area (Å²) in [5.74, 6) is -0.357. The Labute approximate surface area is 171 Å². The molecular weight excluding hydrogens is 392 g/mol. The molecule has 0 aliphatic carbocycles. The Hall–Kier alpha value is -2.58. The van der Waals surface area contributed by atoms with E-state index in [9.17, 15) is 9.59 Å². The summed E-state index contributed by atoms with van der Waals surface area (Å²) in [6.07, 6.45) is 4.63. The number of anilines is 1. The van der Waals surface area contributed by atoms with Crippen LogP contribution in [0, 0.1) is 6.92 Å². The number of nitrogens with zero attached hydrogens (tertiary/aromatic N) is 3. The molecule has 2 aromatic heterocycles. The molecule has 1 aliphatic heterocycles. The average Bonchev–Trinajstić information content (AvgIpc) is 3.37. The highest BCUT2D eigenvalue weighted by molar-refractivity contribution is 7.20. The highest BCUT2D eigenvalue weighted by Crippen LogP contribution is 2.40. The molecule has 2 amide bonds. The largest absolute Gasteiger partial charge is 0.339 e. The Balaban J connectivity index is 1.74. The van der Waals surface area contributed by atoms with Crippen LogP contribution in [0.4, 0.5) is 5.00 Å². The first-order valence-corrected chi connectivity index (χ1v) is 10.8. The standard InChI is InChI=1S/C20H20N4O2S2/c1-13-16(20(26)24-10-6-3-7-11-24)19(22-18(25)15-12-21-28-23-15)27-17(13)14-8-4-2-5-9-14/h2,4-5,8-9,12H,3,6-7,10-11H2,1H3,(H,22,25). The fraction of sp³-hybridized carbons (Fsp3) is 0.300. The van der Waals surface area contributed by atoms with E-state index < -0.39 is 0 Å². The molecule has 6 nitrogen and oxygen atoms in total. The zero-order chi connectivity index (χ0) is 19.5. The lowest BCUT2D eigenvalue weighted by atomic mass is 10.0. The number of carbonyl (C=O) groups is 2. The van der Waals surface area contributed by atoms with Gasteiger partial charge in [0.25, 0.3) is 11.8 Å². The first kappa shape index (κ1) is 18.8. The van der Waals surface area contributed by atoms with E-state index in [4.69, 9.17) is 0 Å². The minimum Gasteiger partial charge on any atom is -0.339 e. The lowest BCUT2D eigenvalue weighted by Crippen LogP contribution is -2.36. The third-order valence-electron chi connectivity index (χ3n) is 4.86. The van der Waals surface area contributed by atoms with Crippen LogP contribution < -0.4 is 5.32 Å². The number of rotatable bonds is 4. The van der Waals surface area contributed by atoms with Crippen LogP contribution in [-0.4, -0.2) is 38.6 Å². The van der Waals surface area contributed by atoms with Crippen molar-refractivity contribution in [3.05, 3.63) is 53.3 Å². The molecule has 1 N–H and O–H groups in total. The second kappa shape index (κ2) is 8.20. The van der Waals surface area contributed by atoms with Crippen LogP contribution in [0.15, 0.2) is 36.5 Å². The van der Waals surface area contributed by atoms with E-state index >= 15 is 0 Å². The van der Waals surface area contributed by atoms with Crippen LogP contribution in [0.5, 0.6) is 0 Å². The van der Waals surface area contributed by atoms with E-state index in [1.807, 2.05) is 42.2 Å². The summed E-state index contributed by atoms with van der Waals surface area (Å²) >= 11 is 2.42. The molecule has 3 heterocycles. The topological polar surface area (TPSA) is 75.2 Å². The summed E-state index contributed by atoms with van der Waals surface area (Å²) in [6.45, 7) is 3.48. The summed E-state index contributed by atoms with van der Waals surface area (Å²) < 4.78 is 7.88. The molecule has 1 fully saturated rings. The summed E-state index contributed by atoms with van der Waals surface area (Å²) in [5.41, 5.74) is 2.78. The van der Waals surface area contributed by atoms with Gasteiger partial charge in [-0.25, -0.2) is 0 Å². The maximum atomic E-state index is 13.3. The molecule has 0 unspecified atom stereocenters. The minimum absolute atomic E-state index is 0.0117. The molecule has 0 spiro atoms. The smallest absolute Gasteiger partial charge is 0.277 e. The van der Waals surface area contributed by atoms with Gasteiger partial charge in [0.1, 0.15) is 5.00 Å². The fourth-order valence-corrected chi connectivity index (χ4v) is 5.02. The predicted molar refractivity (Wildman–Crippen MR) is 112 cm³/mol. The third-order valence-corrected chi connectivity index (χ3v) is 6.60. The normalized spacial score (nSPS) is 14.1. The first-order chi connectivity index (χ1) is 13.6. The maximum absolute atomic E-state index is 13.3. The van der Waals surface area contributed by atoms with Gasteiger partial charge in [0, 0.05) is 18.0 Å². The number of hydrogen-bond acceptors (Lipinski definition) is 6. The van der Waals surface area contributed by atoms with E-state index in [0.717, 1.165) is 60.1 Å². The van der Waals surface area contributed by atoms with Gasteiger partial charge >= 0.3 is 0 Å². The molecule has 1 aliphatic rings. The maximum Gasteiger partial charge on any atom is 0.277 e. The van der Waals surface area contributed by atoms with Crippen molar-refractivity contribution in [2.24, 2.45) is 0 Å². The molecule has 3 aromatic rings. The second-order valence-corrected chi connectivity index (χ2v) is 8.30. The van der Waals surface area contributed by atoms with Crippen LogP contribution in [0.25, 0.3) is 10.4 Å². The second-order valence-electron chi connectivity index (χ2n) is 6.73. The van der Waals surface area contributed by atoms with Crippen molar-refractivity contribution in [3.8, 4) is 10.4 Å². The molecule has 4 rings (SSSR count). The number of carbonyl (C=O) groups excluding carboxylic acids is 2. The highest BCUT2D eigenvalue weighted by atomic mass is 32.1. The Bertz CT molecular complexity index is 977. The molecule has 1 aromatic carbocycles. The number of amides is 2. The molecule has 0 radical (unpaired) electrons. The lowest BCUT2D eigenvalue weighted by Gasteiger charge is -2.27. The molecule has 0 saturated carbocycles. The summed E-state index contributed by atoms with van der Waals surface area (Å²) in [4.78, 5) is 28.8. The van der Waals surface area contributed by atoms with E-state index in [-0.39, 0.29) is 17.5 Å². The van der Waals surface area contributed by atoms with Crippen LogP contribution in [0.2, 0.25) is 0 Å². The zero-order valence-corrected chi connectivity index (χ0v) is 17.1. The molecule has 8 heteroatoms.